The van der Waals surface area contributed by atoms with Crippen LogP contribution in [-0.4, -0.2) is 60.3 Å². The molecule has 0 heterocycles. The second kappa shape index (κ2) is 13.0. The standard InChI is InChI=1S/C6H8O7.CH2O3.3H3N/c7-3(8)1-6(13,5(11)12)2-4(9)10;2-1(3)4;;;/h13H,1-2H2,(H,7,8)(H,9,10)(H,11,12);(H2,2,3,4);3*1H3. The summed E-state index contributed by atoms with van der Waals surface area (Å²) in [5, 5.41) is 47.8. The first-order valence-corrected chi connectivity index (χ1v) is 3.82. The Labute approximate surface area is 112 Å². The van der Waals surface area contributed by atoms with Crippen molar-refractivity contribution in [3.05, 3.63) is 0 Å². The summed E-state index contributed by atoms with van der Waals surface area (Å²) in [5.74, 6) is -5.02. The Morgan fingerprint density at radius 3 is 1.00 bits per heavy atom. The highest BCUT2D eigenvalue weighted by Crippen LogP contribution is 2.15. The molecule has 15 N–H and O–H groups in total. The molecular formula is C7H19N3O10. The lowest BCUT2D eigenvalue weighted by Gasteiger charge is -2.18. The van der Waals surface area contributed by atoms with Gasteiger partial charge in [-0.3, -0.25) is 9.59 Å². The summed E-state index contributed by atoms with van der Waals surface area (Å²) in [6, 6.07) is 0. The number of hydrogen-bond donors (Lipinski definition) is 9. The molecule has 122 valence electrons. The SMILES string of the molecule is N.N.N.O=C(O)CC(O)(CC(=O)O)C(=O)O.O=C(O)O. The van der Waals surface area contributed by atoms with Gasteiger partial charge in [0.1, 0.15) is 0 Å². The fraction of sp³-hybridized carbons (Fsp3) is 0.429. The number of carbonyl (C=O) groups is 4. The van der Waals surface area contributed by atoms with Gasteiger partial charge in [0.2, 0.25) is 0 Å². The molecule has 0 aliphatic heterocycles. The van der Waals surface area contributed by atoms with E-state index in [0.29, 0.717) is 0 Å². The van der Waals surface area contributed by atoms with Crippen LogP contribution in [0.5, 0.6) is 0 Å². The van der Waals surface area contributed by atoms with Crippen LogP contribution in [0, 0.1) is 0 Å². The molecule has 13 heteroatoms. The Bertz CT molecular complexity index is 311. The van der Waals surface area contributed by atoms with Gasteiger partial charge in [-0.25, -0.2) is 9.59 Å². The Kier molecular flexibility index (Phi) is 19.8. The second-order valence-electron chi connectivity index (χ2n) is 2.76. The van der Waals surface area contributed by atoms with Crippen LogP contribution in [0.3, 0.4) is 0 Å². The summed E-state index contributed by atoms with van der Waals surface area (Å²) in [6.07, 6.45) is -4.12. The van der Waals surface area contributed by atoms with Crippen molar-refractivity contribution in [3.8, 4) is 0 Å². The van der Waals surface area contributed by atoms with Crippen LogP contribution in [0.1, 0.15) is 12.8 Å². The van der Waals surface area contributed by atoms with E-state index >= 15 is 0 Å². The average molecular weight is 305 g/mol. The third kappa shape index (κ3) is 17.9. The summed E-state index contributed by atoms with van der Waals surface area (Å²) in [4.78, 5) is 39.0. The molecule has 20 heavy (non-hydrogen) atoms. The van der Waals surface area contributed by atoms with Crippen LogP contribution in [0.4, 0.5) is 4.79 Å². The molecule has 0 fully saturated rings. The maximum absolute atomic E-state index is 10.3. The van der Waals surface area contributed by atoms with Gasteiger partial charge in [0.05, 0.1) is 12.8 Å². The largest absolute Gasteiger partial charge is 0.503 e. The third-order valence-electron chi connectivity index (χ3n) is 1.29. The van der Waals surface area contributed by atoms with Gasteiger partial charge >= 0.3 is 24.1 Å². The highest BCUT2D eigenvalue weighted by molar-refractivity contribution is 5.88. The summed E-state index contributed by atoms with van der Waals surface area (Å²) < 4.78 is 0. The molecule has 0 aromatic rings. The van der Waals surface area contributed by atoms with Crippen molar-refractivity contribution in [3.63, 3.8) is 0 Å². The van der Waals surface area contributed by atoms with Gasteiger partial charge in [0, 0.05) is 0 Å². The summed E-state index contributed by atoms with van der Waals surface area (Å²) in [6.45, 7) is 0. The van der Waals surface area contributed by atoms with Crippen molar-refractivity contribution in [2.75, 3.05) is 0 Å². The van der Waals surface area contributed by atoms with E-state index in [4.69, 9.17) is 35.4 Å². The Hall–Kier alpha value is -2.48. The van der Waals surface area contributed by atoms with E-state index in [2.05, 4.69) is 0 Å². The predicted octanol–water partition coefficient (Wildman–Crippen LogP) is -0.540. The van der Waals surface area contributed by atoms with E-state index in [1.165, 1.54) is 0 Å². The Morgan fingerprint density at radius 2 is 0.900 bits per heavy atom. The fourth-order valence-corrected chi connectivity index (χ4v) is 0.714. The van der Waals surface area contributed by atoms with Gasteiger partial charge < -0.3 is 49.1 Å². The number of aliphatic hydroxyl groups is 1. The number of aliphatic carboxylic acids is 3. The highest BCUT2D eigenvalue weighted by Gasteiger charge is 2.40. The normalized spacial score (nSPS) is 8.25. The topological polar surface area (TPSA) is 295 Å². The van der Waals surface area contributed by atoms with Gasteiger partial charge in [-0.05, 0) is 0 Å². The maximum atomic E-state index is 10.3. The Morgan fingerprint density at radius 1 is 0.700 bits per heavy atom. The minimum Gasteiger partial charge on any atom is -0.481 e. The molecule has 0 spiro atoms. The van der Waals surface area contributed by atoms with Gasteiger partial charge in [0.25, 0.3) is 0 Å². The fourth-order valence-electron chi connectivity index (χ4n) is 0.714. The van der Waals surface area contributed by atoms with E-state index in [1.807, 2.05) is 0 Å². The van der Waals surface area contributed by atoms with Crippen molar-refractivity contribution in [2.45, 2.75) is 18.4 Å². The van der Waals surface area contributed by atoms with Crippen LogP contribution in [0.15, 0.2) is 0 Å². The molecule has 0 aliphatic rings. The molecule has 0 aromatic heterocycles. The monoisotopic (exact) mass is 305 g/mol. The highest BCUT2D eigenvalue weighted by atomic mass is 16.6. The molecule has 0 atom stereocenters. The molecule has 0 bridgehead atoms. The van der Waals surface area contributed by atoms with Crippen LogP contribution < -0.4 is 18.5 Å². The van der Waals surface area contributed by atoms with Crippen LogP contribution in [-0.2, 0) is 14.4 Å². The molecule has 0 aromatic carbocycles. The van der Waals surface area contributed by atoms with E-state index in [-0.39, 0.29) is 18.5 Å². The van der Waals surface area contributed by atoms with E-state index in [0.717, 1.165) is 0 Å². The predicted molar refractivity (Wildman–Crippen MR) is 62.8 cm³/mol. The smallest absolute Gasteiger partial charge is 0.481 e. The zero-order chi connectivity index (χ0) is 14.2. The zero-order valence-electron chi connectivity index (χ0n) is 10.4. The lowest BCUT2D eigenvalue weighted by molar-refractivity contribution is -0.170. The quantitative estimate of drug-likeness (QED) is 0.308. The van der Waals surface area contributed by atoms with Crippen molar-refractivity contribution in [2.24, 2.45) is 0 Å². The first-order chi connectivity index (χ1) is 7.51. The first kappa shape index (κ1) is 30.5. The first-order valence-electron chi connectivity index (χ1n) is 3.82. The number of carboxylic acid groups (broad SMARTS) is 5. The van der Waals surface area contributed by atoms with Crippen molar-refractivity contribution in [1.82, 2.24) is 18.5 Å². The third-order valence-corrected chi connectivity index (χ3v) is 1.29. The summed E-state index contributed by atoms with van der Waals surface area (Å²) in [5.41, 5.74) is -2.74. The summed E-state index contributed by atoms with van der Waals surface area (Å²) in [7, 11) is 0. The van der Waals surface area contributed by atoms with Gasteiger partial charge in [0.15, 0.2) is 5.60 Å². The molecule has 13 nitrogen and oxygen atoms in total. The molecule has 0 amide bonds. The lowest BCUT2D eigenvalue weighted by Crippen LogP contribution is -2.42. The molecule has 0 rings (SSSR count). The zero-order valence-corrected chi connectivity index (χ0v) is 10.4. The van der Waals surface area contributed by atoms with E-state index < -0.39 is 42.5 Å². The van der Waals surface area contributed by atoms with Gasteiger partial charge in [-0.2, -0.15) is 0 Å². The van der Waals surface area contributed by atoms with Gasteiger partial charge in [-0.1, -0.05) is 0 Å². The van der Waals surface area contributed by atoms with Gasteiger partial charge in [-0.15, -0.1) is 0 Å². The van der Waals surface area contributed by atoms with Crippen LogP contribution in [0.25, 0.3) is 0 Å². The average Bonchev–Trinajstić information content (AvgIpc) is 1.98. The van der Waals surface area contributed by atoms with E-state index in [9.17, 15) is 14.4 Å². The maximum Gasteiger partial charge on any atom is 0.503 e. The minimum absolute atomic E-state index is 0. The molecule has 0 saturated heterocycles. The molecule has 0 saturated carbocycles. The Balaban J connectivity index is -0.0000000951. The second-order valence-corrected chi connectivity index (χ2v) is 2.76. The number of rotatable bonds is 5. The number of carboxylic acids is 3. The van der Waals surface area contributed by atoms with Crippen molar-refractivity contribution < 1.29 is 49.8 Å². The van der Waals surface area contributed by atoms with Crippen molar-refractivity contribution >= 4 is 24.1 Å². The number of hydrogen-bond acceptors (Lipinski definition) is 8. The molecule has 0 unspecified atom stereocenters. The molecular weight excluding hydrogens is 286 g/mol. The summed E-state index contributed by atoms with van der Waals surface area (Å²) >= 11 is 0. The molecule has 0 aliphatic carbocycles. The van der Waals surface area contributed by atoms with Crippen molar-refractivity contribution in [1.29, 1.82) is 0 Å². The van der Waals surface area contributed by atoms with Crippen LogP contribution in [0.2, 0.25) is 0 Å². The minimum atomic E-state index is -2.74. The van der Waals surface area contributed by atoms with Crippen LogP contribution >= 0.6 is 0 Å². The van der Waals surface area contributed by atoms with E-state index in [1.54, 1.807) is 0 Å². The lowest BCUT2D eigenvalue weighted by atomic mass is 9.96. The molecule has 0 radical (unpaired) electrons.